The number of aromatic nitrogens is 2. The summed E-state index contributed by atoms with van der Waals surface area (Å²) >= 11 is 0. The molecule has 2 fully saturated rings. The third-order valence-corrected chi connectivity index (χ3v) is 6.59. The van der Waals surface area contributed by atoms with Crippen molar-refractivity contribution in [3.63, 3.8) is 0 Å². The second-order valence-corrected chi connectivity index (χ2v) is 8.39. The molecule has 0 spiro atoms. The maximum Gasteiger partial charge on any atom is 0.257 e. The second kappa shape index (κ2) is 8.33. The van der Waals surface area contributed by atoms with E-state index in [-0.39, 0.29) is 18.3 Å². The number of benzene rings is 1. The molecule has 2 aliphatic rings. The number of rotatable bonds is 4. The van der Waals surface area contributed by atoms with Gasteiger partial charge < -0.3 is 4.90 Å². The molecule has 3 heterocycles. The molecule has 4 rings (SSSR count). The van der Waals surface area contributed by atoms with Crippen LogP contribution in [0, 0.1) is 32.6 Å². The summed E-state index contributed by atoms with van der Waals surface area (Å²) in [5.41, 5.74) is 5.25. The number of carbonyl (C=O) groups excluding carboxylic acids is 1. The van der Waals surface area contributed by atoms with Crippen molar-refractivity contribution >= 4 is 18.3 Å². The molecule has 0 bridgehead atoms. The Morgan fingerprint density at radius 2 is 1.93 bits per heavy atom. The van der Waals surface area contributed by atoms with Gasteiger partial charge >= 0.3 is 0 Å². The maximum absolute atomic E-state index is 13.4. The molecule has 0 aliphatic carbocycles. The number of aryl methyl sites for hydroxylation is 2. The van der Waals surface area contributed by atoms with E-state index in [1.807, 2.05) is 24.6 Å². The highest BCUT2D eigenvalue weighted by Gasteiger charge is 2.48. The quantitative estimate of drug-likeness (QED) is 0.714. The van der Waals surface area contributed by atoms with Gasteiger partial charge in [-0.1, -0.05) is 30.3 Å². The normalized spacial score (nSPS) is 23.7. The molecule has 1 aromatic carbocycles. The lowest BCUT2D eigenvalue weighted by molar-refractivity contribution is 0.0766. The van der Waals surface area contributed by atoms with Gasteiger partial charge in [0.1, 0.15) is 0 Å². The first-order chi connectivity index (χ1) is 13.4. The highest BCUT2D eigenvalue weighted by Crippen LogP contribution is 2.45. The Hall–Kier alpha value is -2.11. The Bertz CT molecular complexity index is 922. The minimum Gasteiger partial charge on any atom is -0.338 e. The van der Waals surface area contributed by atoms with E-state index in [0.29, 0.717) is 24.4 Å². The SMILES string of the molecule is C=CCn1nc(C)c(C(=O)N2C[C@@H]3CN(C)[C@H](c4ccccc4C)[C@@H]3C2)c1C.Cl. The largest absolute Gasteiger partial charge is 0.338 e. The molecule has 5 nitrogen and oxygen atoms in total. The molecule has 29 heavy (non-hydrogen) atoms. The van der Waals surface area contributed by atoms with Gasteiger partial charge in [0.05, 0.1) is 17.8 Å². The molecule has 1 aromatic heterocycles. The summed E-state index contributed by atoms with van der Waals surface area (Å²) in [7, 11) is 2.22. The fourth-order valence-corrected chi connectivity index (χ4v) is 5.27. The first-order valence-electron chi connectivity index (χ1n) is 10.1. The number of hydrogen-bond acceptors (Lipinski definition) is 3. The van der Waals surface area contributed by atoms with Gasteiger partial charge in [0, 0.05) is 37.3 Å². The smallest absolute Gasteiger partial charge is 0.257 e. The summed E-state index contributed by atoms with van der Waals surface area (Å²) in [5, 5.41) is 4.54. The van der Waals surface area contributed by atoms with Gasteiger partial charge in [-0.25, -0.2) is 0 Å². The molecule has 3 atom stereocenters. The monoisotopic (exact) mass is 414 g/mol. The van der Waals surface area contributed by atoms with E-state index in [1.54, 1.807) is 0 Å². The summed E-state index contributed by atoms with van der Waals surface area (Å²) in [6.07, 6.45) is 1.82. The van der Waals surface area contributed by atoms with Crippen molar-refractivity contribution in [2.75, 3.05) is 26.7 Å². The van der Waals surface area contributed by atoms with Crippen molar-refractivity contribution < 1.29 is 4.79 Å². The highest BCUT2D eigenvalue weighted by atomic mass is 35.5. The van der Waals surface area contributed by atoms with Crippen LogP contribution in [0.4, 0.5) is 0 Å². The van der Waals surface area contributed by atoms with E-state index < -0.39 is 0 Å². The summed E-state index contributed by atoms with van der Waals surface area (Å²) in [6, 6.07) is 9.05. The van der Waals surface area contributed by atoms with Gasteiger partial charge in [-0.2, -0.15) is 5.10 Å². The average Bonchev–Trinajstić information content (AvgIpc) is 3.27. The van der Waals surface area contributed by atoms with E-state index in [0.717, 1.165) is 36.6 Å². The Labute approximate surface area is 179 Å². The molecule has 0 unspecified atom stereocenters. The average molecular weight is 415 g/mol. The van der Waals surface area contributed by atoms with E-state index in [2.05, 4.69) is 59.7 Å². The lowest BCUT2D eigenvalue weighted by atomic mass is 9.88. The van der Waals surface area contributed by atoms with E-state index in [4.69, 9.17) is 0 Å². The summed E-state index contributed by atoms with van der Waals surface area (Å²) < 4.78 is 1.87. The van der Waals surface area contributed by atoms with Gasteiger partial charge in [-0.05, 0) is 44.9 Å². The maximum atomic E-state index is 13.4. The number of halogens is 1. The first kappa shape index (κ1) is 21.6. The highest BCUT2D eigenvalue weighted by molar-refractivity contribution is 5.96. The zero-order valence-corrected chi connectivity index (χ0v) is 18.6. The van der Waals surface area contributed by atoms with Crippen LogP contribution in [0.15, 0.2) is 36.9 Å². The molecule has 2 saturated heterocycles. The molecule has 2 aromatic rings. The van der Waals surface area contributed by atoms with Crippen LogP contribution < -0.4 is 0 Å². The van der Waals surface area contributed by atoms with E-state index in [1.165, 1.54) is 11.1 Å². The zero-order chi connectivity index (χ0) is 20.0. The van der Waals surface area contributed by atoms with Crippen molar-refractivity contribution in [3.05, 3.63) is 65.0 Å². The number of amides is 1. The molecular formula is C23H31ClN4O. The summed E-state index contributed by atoms with van der Waals surface area (Å²) in [5.74, 6) is 1.15. The van der Waals surface area contributed by atoms with Crippen molar-refractivity contribution in [2.24, 2.45) is 11.8 Å². The molecule has 156 valence electrons. The summed E-state index contributed by atoms with van der Waals surface area (Å²) in [4.78, 5) is 17.9. The molecular weight excluding hydrogens is 384 g/mol. The molecule has 0 N–H and O–H groups in total. The summed E-state index contributed by atoms with van der Waals surface area (Å²) in [6.45, 7) is 13.2. The zero-order valence-electron chi connectivity index (χ0n) is 17.8. The standard InChI is InChI=1S/C23H30N4O.ClH/c1-6-11-27-17(4)21(16(3)24-27)23(28)26-13-18-12-25(5)22(20(18)14-26)19-10-8-7-9-15(19)2;/h6-10,18,20,22H,1,11-14H2,2-5H3;1H/t18-,20+,22+;/m0./s1. The molecule has 6 heteroatoms. The van der Waals surface area contributed by atoms with Crippen LogP contribution >= 0.6 is 12.4 Å². The van der Waals surface area contributed by atoms with Crippen LogP contribution in [-0.2, 0) is 6.54 Å². The Morgan fingerprint density at radius 3 is 2.62 bits per heavy atom. The van der Waals surface area contributed by atoms with Gasteiger partial charge in [0.2, 0.25) is 0 Å². The second-order valence-electron chi connectivity index (χ2n) is 8.39. The van der Waals surface area contributed by atoms with Crippen molar-refractivity contribution in [1.82, 2.24) is 19.6 Å². The fourth-order valence-electron chi connectivity index (χ4n) is 5.27. The first-order valence-corrected chi connectivity index (χ1v) is 10.1. The van der Waals surface area contributed by atoms with Crippen LogP contribution in [0.5, 0.6) is 0 Å². The number of fused-ring (bicyclic) bond motifs is 1. The Kier molecular flexibility index (Phi) is 6.20. The molecule has 2 aliphatic heterocycles. The van der Waals surface area contributed by atoms with Crippen molar-refractivity contribution in [2.45, 2.75) is 33.4 Å². The molecule has 0 radical (unpaired) electrons. The predicted molar refractivity (Wildman–Crippen MR) is 119 cm³/mol. The minimum atomic E-state index is 0. The number of allylic oxidation sites excluding steroid dienone is 1. The number of nitrogens with zero attached hydrogens (tertiary/aromatic N) is 4. The number of likely N-dealkylation sites (tertiary alicyclic amines) is 2. The van der Waals surface area contributed by atoms with Gasteiger partial charge in [-0.3, -0.25) is 14.4 Å². The van der Waals surface area contributed by atoms with Gasteiger partial charge in [-0.15, -0.1) is 19.0 Å². The van der Waals surface area contributed by atoms with Crippen LogP contribution in [0.1, 0.15) is 38.9 Å². The Balaban J connectivity index is 0.00000240. The lowest BCUT2D eigenvalue weighted by Gasteiger charge is -2.28. The van der Waals surface area contributed by atoms with Crippen molar-refractivity contribution in [1.29, 1.82) is 0 Å². The van der Waals surface area contributed by atoms with Crippen LogP contribution in [0.3, 0.4) is 0 Å². The van der Waals surface area contributed by atoms with E-state index >= 15 is 0 Å². The number of hydrogen-bond donors (Lipinski definition) is 0. The third-order valence-electron chi connectivity index (χ3n) is 6.59. The van der Waals surface area contributed by atoms with Crippen LogP contribution in [-0.4, -0.2) is 52.2 Å². The van der Waals surface area contributed by atoms with Crippen molar-refractivity contribution in [3.8, 4) is 0 Å². The topological polar surface area (TPSA) is 41.4 Å². The number of carbonyl (C=O) groups is 1. The van der Waals surface area contributed by atoms with Gasteiger partial charge in [0.25, 0.3) is 5.91 Å². The fraction of sp³-hybridized carbons (Fsp3) is 0.478. The third kappa shape index (κ3) is 3.62. The Morgan fingerprint density at radius 1 is 1.21 bits per heavy atom. The lowest BCUT2D eigenvalue weighted by Crippen LogP contribution is -2.34. The van der Waals surface area contributed by atoms with Crippen LogP contribution in [0.25, 0.3) is 0 Å². The minimum absolute atomic E-state index is 0. The van der Waals surface area contributed by atoms with Crippen LogP contribution in [0.2, 0.25) is 0 Å². The van der Waals surface area contributed by atoms with Gasteiger partial charge in [0.15, 0.2) is 0 Å². The molecule has 1 amide bonds. The predicted octanol–water partition coefficient (Wildman–Crippen LogP) is 3.79. The van der Waals surface area contributed by atoms with E-state index in [9.17, 15) is 4.79 Å². The molecule has 0 saturated carbocycles.